The number of benzene rings is 6. The molecule has 0 bridgehead atoms. The minimum atomic E-state index is 1.00. The molecule has 0 unspecified atom stereocenters. The van der Waals surface area contributed by atoms with Crippen LogP contribution < -0.4 is 0 Å². The van der Waals surface area contributed by atoms with Crippen molar-refractivity contribution in [2.75, 3.05) is 0 Å². The zero-order chi connectivity index (χ0) is 27.4. The number of para-hydroxylation sites is 3. The highest BCUT2D eigenvalue weighted by Crippen LogP contribution is 2.45. The molecule has 5 heteroatoms. The molecule has 4 heterocycles. The Kier molecular flexibility index (Phi) is 4.48. The molecular formula is C37H21N3S2. The molecular weight excluding hydrogens is 551 g/mol. The second-order valence-electron chi connectivity index (χ2n) is 10.8. The van der Waals surface area contributed by atoms with Crippen LogP contribution in [0.15, 0.2) is 127 Å². The summed E-state index contributed by atoms with van der Waals surface area (Å²) < 4.78 is 8.70. The lowest BCUT2D eigenvalue weighted by Gasteiger charge is -2.08. The van der Waals surface area contributed by atoms with Crippen LogP contribution in [0.5, 0.6) is 0 Å². The van der Waals surface area contributed by atoms with Gasteiger partial charge in [-0.25, -0.2) is 4.98 Å². The molecule has 10 rings (SSSR count). The fourth-order valence-electron chi connectivity index (χ4n) is 6.84. The molecule has 6 aromatic carbocycles. The quantitative estimate of drug-likeness (QED) is 0.202. The van der Waals surface area contributed by atoms with Crippen LogP contribution in [-0.4, -0.2) is 14.1 Å². The molecule has 0 spiro atoms. The van der Waals surface area contributed by atoms with Gasteiger partial charge in [-0.1, -0.05) is 90.2 Å². The van der Waals surface area contributed by atoms with Crippen LogP contribution in [0.4, 0.5) is 0 Å². The van der Waals surface area contributed by atoms with E-state index in [9.17, 15) is 0 Å². The number of nitrogens with zero attached hydrogens (tertiary/aromatic N) is 3. The van der Waals surface area contributed by atoms with Gasteiger partial charge in [0.25, 0.3) is 0 Å². The predicted molar refractivity (Wildman–Crippen MR) is 181 cm³/mol. The molecule has 0 aliphatic carbocycles. The van der Waals surface area contributed by atoms with Gasteiger partial charge in [-0.05, 0) is 48.5 Å². The van der Waals surface area contributed by atoms with Gasteiger partial charge < -0.3 is 4.57 Å². The van der Waals surface area contributed by atoms with Crippen LogP contribution >= 0.6 is 22.7 Å². The standard InChI is InChI=1S/C37H21N3S2/c1-2-10-22(11-3-1)39-29-16-8-5-13-25(29)33-30(39)20-18-24-23-12-4-7-15-28(23)40(35(24)33)37-38-27-19-21-32-34(36(27)42-37)26-14-6-9-17-31(26)41-32/h1-21H. The molecule has 0 N–H and O–H groups in total. The molecule has 0 radical (unpaired) electrons. The maximum atomic E-state index is 5.32. The maximum Gasteiger partial charge on any atom is 0.195 e. The molecule has 3 nitrogen and oxygen atoms in total. The van der Waals surface area contributed by atoms with Gasteiger partial charge in [-0.3, -0.25) is 4.57 Å². The highest BCUT2D eigenvalue weighted by Gasteiger charge is 2.22. The van der Waals surface area contributed by atoms with E-state index < -0.39 is 0 Å². The lowest BCUT2D eigenvalue weighted by Crippen LogP contribution is -1.94. The molecule has 0 amide bonds. The molecule has 0 atom stereocenters. The van der Waals surface area contributed by atoms with E-state index in [0.29, 0.717) is 0 Å². The Morgan fingerprint density at radius 2 is 1.17 bits per heavy atom. The molecule has 196 valence electrons. The monoisotopic (exact) mass is 571 g/mol. The Bertz CT molecular complexity index is 2690. The van der Waals surface area contributed by atoms with Crippen molar-refractivity contribution in [3.63, 3.8) is 0 Å². The van der Waals surface area contributed by atoms with Gasteiger partial charge in [0.2, 0.25) is 0 Å². The lowest BCUT2D eigenvalue weighted by molar-refractivity contribution is 1.15. The first kappa shape index (κ1) is 22.7. The Hall–Kier alpha value is -4.97. The summed E-state index contributed by atoms with van der Waals surface area (Å²) in [4.78, 5) is 5.32. The molecule has 4 aromatic heterocycles. The predicted octanol–water partition coefficient (Wildman–Crippen LogP) is 10.9. The van der Waals surface area contributed by atoms with E-state index in [1.807, 2.05) is 11.3 Å². The third kappa shape index (κ3) is 2.91. The highest BCUT2D eigenvalue weighted by atomic mass is 32.1. The zero-order valence-electron chi connectivity index (χ0n) is 22.3. The number of hydrogen-bond donors (Lipinski definition) is 0. The number of rotatable bonds is 2. The molecule has 0 aliphatic rings. The zero-order valence-corrected chi connectivity index (χ0v) is 23.9. The Labute approximate surface area is 248 Å². The fraction of sp³-hybridized carbons (Fsp3) is 0. The van der Waals surface area contributed by atoms with Crippen LogP contribution in [0.1, 0.15) is 0 Å². The first-order valence-electron chi connectivity index (χ1n) is 14.1. The van der Waals surface area contributed by atoms with Gasteiger partial charge in [-0.2, -0.15) is 0 Å². The Morgan fingerprint density at radius 3 is 2.02 bits per heavy atom. The molecule has 42 heavy (non-hydrogen) atoms. The van der Waals surface area contributed by atoms with E-state index in [0.717, 1.165) is 16.3 Å². The van der Waals surface area contributed by atoms with E-state index in [-0.39, 0.29) is 0 Å². The maximum absolute atomic E-state index is 5.32. The average molecular weight is 572 g/mol. The third-order valence-electron chi connectivity index (χ3n) is 8.56. The van der Waals surface area contributed by atoms with E-state index in [1.54, 1.807) is 11.3 Å². The number of hydrogen-bond acceptors (Lipinski definition) is 3. The number of fused-ring (bicyclic) bond motifs is 12. The summed E-state index contributed by atoms with van der Waals surface area (Å²) >= 11 is 3.66. The molecule has 0 aliphatic heterocycles. The smallest absolute Gasteiger partial charge is 0.195 e. The van der Waals surface area contributed by atoms with Crippen molar-refractivity contribution in [2.45, 2.75) is 0 Å². The summed E-state index contributed by atoms with van der Waals surface area (Å²) in [5, 5.41) is 8.64. The Morgan fingerprint density at radius 1 is 0.452 bits per heavy atom. The summed E-state index contributed by atoms with van der Waals surface area (Å²) in [6.45, 7) is 0. The number of thiophene rings is 1. The van der Waals surface area contributed by atoms with E-state index >= 15 is 0 Å². The van der Waals surface area contributed by atoms with Crippen molar-refractivity contribution in [3.8, 4) is 10.8 Å². The number of thiazole rings is 1. The minimum Gasteiger partial charge on any atom is -0.309 e. The summed E-state index contributed by atoms with van der Waals surface area (Å²) in [6.07, 6.45) is 0. The van der Waals surface area contributed by atoms with Gasteiger partial charge >= 0.3 is 0 Å². The largest absolute Gasteiger partial charge is 0.309 e. The molecule has 0 saturated carbocycles. The van der Waals surface area contributed by atoms with Crippen molar-refractivity contribution in [1.29, 1.82) is 0 Å². The van der Waals surface area contributed by atoms with Crippen molar-refractivity contribution < 1.29 is 0 Å². The average Bonchev–Trinajstić information content (AvgIpc) is 3.79. The van der Waals surface area contributed by atoms with Crippen molar-refractivity contribution in [1.82, 2.24) is 14.1 Å². The first-order valence-corrected chi connectivity index (χ1v) is 15.7. The SMILES string of the molecule is c1ccc(-n2c3ccccc3c3c2ccc2c4ccccc4n(-c4nc5ccc6sc7ccccc7c6c5s4)c23)cc1. The van der Waals surface area contributed by atoms with Crippen LogP contribution in [0.3, 0.4) is 0 Å². The second kappa shape index (κ2) is 8.29. The highest BCUT2D eigenvalue weighted by molar-refractivity contribution is 7.28. The fourth-order valence-corrected chi connectivity index (χ4v) is 9.17. The minimum absolute atomic E-state index is 1.00. The van der Waals surface area contributed by atoms with Crippen molar-refractivity contribution in [3.05, 3.63) is 127 Å². The lowest BCUT2D eigenvalue weighted by atomic mass is 10.1. The van der Waals surface area contributed by atoms with Crippen LogP contribution in [0.25, 0.3) is 84.8 Å². The van der Waals surface area contributed by atoms with Gasteiger partial charge in [0, 0.05) is 47.4 Å². The molecule has 10 aromatic rings. The third-order valence-corrected chi connectivity index (χ3v) is 10.8. The van der Waals surface area contributed by atoms with Gasteiger partial charge in [0.15, 0.2) is 5.13 Å². The summed E-state index contributed by atoms with van der Waals surface area (Å²) in [5.74, 6) is 0. The van der Waals surface area contributed by atoms with Crippen LogP contribution in [-0.2, 0) is 0 Å². The molecule has 0 fully saturated rings. The van der Waals surface area contributed by atoms with E-state index in [1.165, 1.54) is 68.5 Å². The summed E-state index contributed by atoms with van der Waals surface area (Å²) in [6, 6.07) is 46.0. The first-order chi connectivity index (χ1) is 20.8. The van der Waals surface area contributed by atoms with Gasteiger partial charge in [-0.15, -0.1) is 11.3 Å². The van der Waals surface area contributed by atoms with Crippen LogP contribution in [0, 0.1) is 0 Å². The second-order valence-corrected chi connectivity index (χ2v) is 12.8. The number of aromatic nitrogens is 3. The van der Waals surface area contributed by atoms with Gasteiger partial charge in [0.05, 0.1) is 32.3 Å². The van der Waals surface area contributed by atoms with Crippen LogP contribution in [0.2, 0.25) is 0 Å². The molecule has 0 saturated heterocycles. The van der Waals surface area contributed by atoms with Crippen molar-refractivity contribution >= 4 is 96.7 Å². The summed E-state index contributed by atoms with van der Waals surface area (Å²) in [5.41, 5.74) is 7.02. The normalized spacial score (nSPS) is 12.3. The van der Waals surface area contributed by atoms with Gasteiger partial charge in [0.1, 0.15) is 0 Å². The topological polar surface area (TPSA) is 22.8 Å². The Balaban J connectivity index is 1.39. The summed E-state index contributed by atoms with van der Waals surface area (Å²) in [7, 11) is 0. The van der Waals surface area contributed by atoms with E-state index in [4.69, 9.17) is 4.98 Å². The van der Waals surface area contributed by atoms with E-state index in [2.05, 4.69) is 137 Å². The van der Waals surface area contributed by atoms with Crippen molar-refractivity contribution in [2.24, 2.45) is 0 Å².